The third kappa shape index (κ3) is 3.59. The summed E-state index contributed by atoms with van der Waals surface area (Å²) in [7, 11) is 0. The van der Waals surface area contributed by atoms with Gasteiger partial charge < -0.3 is 0 Å². The van der Waals surface area contributed by atoms with E-state index in [1.807, 2.05) is 0 Å². The number of halogens is 1. The summed E-state index contributed by atoms with van der Waals surface area (Å²) < 4.78 is 1.15. The summed E-state index contributed by atoms with van der Waals surface area (Å²) >= 11 is 3.49. The van der Waals surface area contributed by atoms with Crippen LogP contribution >= 0.6 is 15.9 Å². The number of rotatable bonds is 3. The summed E-state index contributed by atoms with van der Waals surface area (Å²) in [6, 6.07) is 8.46. The van der Waals surface area contributed by atoms with Crippen molar-refractivity contribution in [2.75, 3.05) is 13.1 Å². The van der Waals surface area contributed by atoms with Crippen molar-refractivity contribution in [3.8, 4) is 0 Å². The van der Waals surface area contributed by atoms with Crippen LogP contribution in [0.5, 0.6) is 0 Å². The summed E-state index contributed by atoms with van der Waals surface area (Å²) in [6.45, 7) is 3.31. The molecule has 3 heteroatoms. The van der Waals surface area contributed by atoms with Gasteiger partial charge in [-0.3, -0.25) is 5.43 Å². The molecule has 1 fully saturated rings. The van der Waals surface area contributed by atoms with Crippen LogP contribution < -0.4 is 5.43 Å². The van der Waals surface area contributed by atoms with Crippen LogP contribution in [0, 0.1) is 0 Å². The number of hydrazine groups is 1. The third-order valence-electron chi connectivity index (χ3n) is 2.75. The molecule has 1 aromatic carbocycles. The van der Waals surface area contributed by atoms with Crippen LogP contribution in [-0.4, -0.2) is 18.1 Å². The zero-order chi connectivity index (χ0) is 10.5. The molecule has 1 heterocycles. The normalized spacial score (nSPS) is 17.9. The van der Waals surface area contributed by atoms with Gasteiger partial charge in [0.25, 0.3) is 0 Å². The maximum absolute atomic E-state index is 3.49. The van der Waals surface area contributed by atoms with Crippen LogP contribution in [0.3, 0.4) is 0 Å². The van der Waals surface area contributed by atoms with Crippen LogP contribution in [0.2, 0.25) is 0 Å². The number of hydrogen-bond acceptors (Lipinski definition) is 2. The summed E-state index contributed by atoms with van der Waals surface area (Å²) in [4.78, 5) is 0. The van der Waals surface area contributed by atoms with E-state index in [2.05, 4.69) is 50.6 Å². The van der Waals surface area contributed by atoms with E-state index in [0.29, 0.717) is 0 Å². The zero-order valence-corrected chi connectivity index (χ0v) is 10.5. The molecule has 1 N–H and O–H groups in total. The molecule has 82 valence electrons. The average molecular weight is 269 g/mol. The van der Waals surface area contributed by atoms with E-state index in [4.69, 9.17) is 0 Å². The number of nitrogens with one attached hydrogen (secondary N) is 1. The highest BCUT2D eigenvalue weighted by Crippen LogP contribution is 2.12. The second-order valence-corrected chi connectivity index (χ2v) is 4.93. The van der Waals surface area contributed by atoms with Crippen molar-refractivity contribution in [3.05, 3.63) is 34.3 Å². The van der Waals surface area contributed by atoms with Crippen LogP contribution in [0.15, 0.2) is 28.7 Å². The van der Waals surface area contributed by atoms with Gasteiger partial charge >= 0.3 is 0 Å². The largest absolute Gasteiger partial charge is 0.251 e. The van der Waals surface area contributed by atoms with Crippen molar-refractivity contribution in [2.45, 2.75) is 25.8 Å². The van der Waals surface area contributed by atoms with Crippen molar-refractivity contribution in [1.29, 1.82) is 0 Å². The Morgan fingerprint density at radius 3 is 2.73 bits per heavy atom. The highest BCUT2D eigenvalue weighted by molar-refractivity contribution is 9.10. The first-order chi connectivity index (χ1) is 7.34. The lowest BCUT2D eigenvalue weighted by atomic mass is 10.2. The zero-order valence-electron chi connectivity index (χ0n) is 8.88. The summed E-state index contributed by atoms with van der Waals surface area (Å²) in [5.74, 6) is 0. The van der Waals surface area contributed by atoms with Crippen LogP contribution in [-0.2, 0) is 6.54 Å². The van der Waals surface area contributed by atoms with Crippen LogP contribution in [0.4, 0.5) is 0 Å². The Balaban J connectivity index is 1.81. The standard InChI is InChI=1S/C12H17BrN2/c13-12-6-4-5-11(9-12)10-14-15-7-2-1-3-8-15/h4-6,9,14H,1-3,7-8,10H2. The fraction of sp³-hybridized carbons (Fsp3) is 0.500. The first kappa shape index (κ1) is 11.1. The Bertz CT molecular complexity index is 308. The predicted octanol–water partition coefficient (Wildman–Crippen LogP) is 2.94. The van der Waals surface area contributed by atoms with Crippen LogP contribution in [0.1, 0.15) is 24.8 Å². The van der Waals surface area contributed by atoms with Gasteiger partial charge in [0.1, 0.15) is 0 Å². The molecule has 0 unspecified atom stereocenters. The Labute approximate surface area is 99.8 Å². The topological polar surface area (TPSA) is 15.3 Å². The van der Waals surface area contributed by atoms with E-state index in [1.165, 1.54) is 37.9 Å². The second kappa shape index (κ2) is 5.64. The SMILES string of the molecule is Brc1cccc(CNN2CCCCC2)c1. The van der Waals surface area contributed by atoms with Gasteiger partial charge in [0.05, 0.1) is 0 Å². The molecule has 0 radical (unpaired) electrons. The monoisotopic (exact) mass is 268 g/mol. The minimum Gasteiger partial charge on any atom is -0.251 e. The third-order valence-corrected chi connectivity index (χ3v) is 3.25. The molecule has 0 atom stereocenters. The summed E-state index contributed by atoms with van der Waals surface area (Å²) in [5.41, 5.74) is 4.81. The highest BCUT2D eigenvalue weighted by atomic mass is 79.9. The van der Waals surface area contributed by atoms with Crippen molar-refractivity contribution in [1.82, 2.24) is 10.4 Å². The molecule has 0 aliphatic carbocycles. The molecule has 2 nitrogen and oxygen atoms in total. The fourth-order valence-electron chi connectivity index (χ4n) is 1.90. The van der Waals surface area contributed by atoms with Gasteiger partial charge in [-0.25, -0.2) is 5.01 Å². The molecular formula is C12H17BrN2. The van der Waals surface area contributed by atoms with Gasteiger partial charge in [0.2, 0.25) is 0 Å². The average Bonchev–Trinajstić information content (AvgIpc) is 2.28. The summed E-state index contributed by atoms with van der Waals surface area (Å²) in [6.07, 6.45) is 4.03. The number of benzene rings is 1. The fourth-order valence-corrected chi connectivity index (χ4v) is 2.35. The highest BCUT2D eigenvalue weighted by Gasteiger charge is 2.08. The van der Waals surface area contributed by atoms with E-state index in [1.54, 1.807) is 0 Å². The van der Waals surface area contributed by atoms with E-state index in [-0.39, 0.29) is 0 Å². The molecule has 15 heavy (non-hydrogen) atoms. The predicted molar refractivity (Wildman–Crippen MR) is 66.4 cm³/mol. The smallest absolute Gasteiger partial charge is 0.0353 e. The van der Waals surface area contributed by atoms with E-state index in [0.717, 1.165) is 11.0 Å². The summed E-state index contributed by atoms with van der Waals surface area (Å²) in [5, 5.41) is 2.34. The Morgan fingerprint density at radius 1 is 1.20 bits per heavy atom. The van der Waals surface area contributed by atoms with Gasteiger partial charge in [-0.05, 0) is 30.5 Å². The minimum atomic E-state index is 0.930. The molecule has 1 saturated heterocycles. The molecule has 1 aliphatic heterocycles. The van der Waals surface area contributed by atoms with Gasteiger partial charge in [-0.15, -0.1) is 0 Å². The molecule has 1 aliphatic rings. The number of nitrogens with zero attached hydrogens (tertiary/aromatic N) is 1. The van der Waals surface area contributed by atoms with Crippen molar-refractivity contribution >= 4 is 15.9 Å². The first-order valence-electron chi connectivity index (χ1n) is 5.57. The minimum absolute atomic E-state index is 0.930. The van der Waals surface area contributed by atoms with Gasteiger partial charge in [0, 0.05) is 24.1 Å². The Kier molecular flexibility index (Phi) is 4.18. The molecule has 0 bridgehead atoms. The van der Waals surface area contributed by atoms with Gasteiger partial charge in [0.15, 0.2) is 0 Å². The molecule has 0 aromatic heterocycles. The van der Waals surface area contributed by atoms with Crippen molar-refractivity contribution < 1.29 is 0 Å². The first-order valence-corrected chi connectivity index (χ1v) is 6.37. The molecule has 0 amide bonds. The lowest BCUT2D eigenvalue weighted by molar-refractivity contribution is 0.151. The molecule has 2 rings (SSSR count). The molecular weight excluding hydrogens is 252 g/mol. The maximum Gasteiger partial charge on any atom is 0.0353 e. The molecule has 0 saturated carbocycles. The lowest BCUT2D eigenvalue weighted by Gasteiger charge is -2.27. The molecule has 1 aromatic rings. The quantitative estimate of drug-likeness (QED) is 0.907. The van der Waals surface area contributed by atoms with Crippen molar-refractivity contribution in [2.24, 2.45) is 0 Å². The maximum atomic E-state index is 3.49. The van der Waals surface area contributed by atoms with E-state index < -0.39 is 0 Å². The van der Waals surface area contributed by atoms with Gasteiger partial charge in [-0.2, -0.15) is 0 Å². The van der Waals surface area contributed by atoms with E-state index in [9.17, 15) is 0 Å². The van der Waals surface area contributed by atoms with Gasteiger partial charge in [-0.1, -0.05) is 34.5 Å². The van der Waals surface area contributed by atoms with Crippen LogP contribution in [0.25, 0.3) is 0 Å². The molecule has 0 spiro atoms. The van der Waals surface area contributed by atoms with Crippen molar-refractivity contribution in [3.63, 3.8) is 0 Å². The lowest BCUT2D eigenvalue weighted by Crippen LogP contribution is -2.41. The second-order valence-electron chi connectivity index (χ2n) is 4.01. The number of hydrogen-bond donors (Lipinski definition) is 1. The van der Waals surface area contributed by atoms with E-state index >= 15 is 0 Å². The number of piperidine rings is 1. The Hall–Kier alpha value is -0.380. The Morgan fingerprint density at radius 2 is 2.00 bits per heavy atom.